The molecule has 0 radical (unpaired) electrons. The van der Waals surface area contributed by atoms with Crippen LogP contribution >= 0.6 is 0 Å². The van der Waals surface area contributed by atoms with Gasteiger partial charge >= 0.3 is 0 Å². The van der Waals surface area contributed by atoms with Crippen LogP contribution in [-0.4, -0.2) is 54.2 Å². The molecule has 6 atom stereocenters. The maximum absolute atomic E-state index is 13.8. The average Bonchev–Trinajstić information content (AvgIpc) is 3.35. The minimum Gasteiger partial charge on any atom is -0.493 e. The Morgan fingerprint density at radius 3 is 2.56 bits per heavy atom. The van der Waals surface area contributed by atoms with Crippen molar-refractivity contribution in [2.24, 2.45) is 23.7 Å². The number of aliphatic hydroxyl groups excluding tert-OH is 1. The van der Waals surface area contributed by atoms with Gasteiger partial charge in [-0.3, -0.25) is 14.4 Å². The van der Waals surface area contributed by atoms with Crippen molar-refractivity contribution in [3.8, 4) is 5.75 Å². The number of ether oxygens (including phenoxy) is 1. The molecule has 1 heterocycles. The number of nitrogens with zero attached hydrogens (tertiary/aromatic N) is 1. The summed E-state index contributed by atoms with van der Waals surface area (Å²) in [5.74, 6) is 1.72. The fourth-order valence-corrected chi connectivity index (χ4v) is 7.16. The molecule has 4 aliphatic rings. The van der Waals surface area contributed by atoms with Gasteiger partial charge in [-0.1, -0.05) is 43.7 Å². The van der Waals surface area contributed by atoms with Gasteiger partial charge in [0.2, 0.25) is 11.8 Å². The number of benzene rings is 2. The summed E-state index contributed by atoms with van der Waals surface area (Å²) in [7, 11) is 0. The molecule has 3 aliphatic carbocycles. The normalized spacial score (nSPS) is 24.9. The lowest BCUT2D eigenvalue weighted by Gasteiger charge is -2.28. The smallest absolute Gasteiger partial charge is 0.251 e. The van der Waals surface area contributed by atoms with E-state index >= 15 is 0 Å². The zero-order chi connectivity index (χ0) is 29.9. The van der Waals surface area contributed by atoms with Gasteiger partial charge in [0.25, 0.3) is 5.91 Å². The Hall–Kier alpha value is -3.39. The van der Waals surface area contributed by atoms with Crippen LogP contribution in [0, 0.1) is 23.7 Å². The minimum atomic E-state index is -0.932. The maximum atomic E-state index is 13.8. The van der Waals surface area contributed by atoms with Crippen LogP contribution in [0.25, 0.3) is 0 Å². The van der Waals surface area contributed by atoms with Crippen LogP contribution in [0.1, 0.15) is 80.6 Å². The molecule has 4 fully saturated rings. The van der Waals surface area contributed by atoms with Gasteiger partial charge in [-0.05, 0) is 86.8 Å². The highest BCUT2D eigenvalue weighted by Crippen LogP contribution is 2.44. The Morgan fingerprint density at radius 2 is 1.88 bits per heavy atom. The first-order valence-corrected chi connectivity index (χ1v) is 16.2. The fourth-order valence-electron chi connectivity index (χ4n) is 7.16. The van der Waals surface area contributed by atoms with Crippen molar-refractivity contribution in [2.75, 3.05) is 18.1 Å². The Kier molecular flexibility index (Phi) is 9.03. The van der Waals surface area contributed by atoms with Gasteiger partial charge in [-0.15, -0.1) is 0 Å². The largest absolute Gasteiger partial charge is 0.493 e. The van der Waals surface area contributed by atoms with Crippen LogP contribution < -0.4 is 20.3 Å². The molecule has 3 amide bonds. The zero-order valence-corrected chi connectivity index (χ0v) is 25.2. The van der Waals surface area contributed by atoms with E-state index in [2.05, 4.69) is 10.6 Å². The van der Waals surface area contributed by atoms with Crippen molar-refractivity contribution in [3.63, 3.8) is 0 Å². The average molecular weight is 588 g/mol. The van der Waals surface area contributed by atoms with Gasteiger partial charge in [0.15, 0.2) is 0 Å². The molecule has 0 aromatic heterocycles. The number of carbonyl (C=O) groups is 3. The lowest BCUT2D eigenvalue weighted by Crippen LogP contribution is -2.47. The number of hydrogen-bond donors (Lipinski definition) is 3. The van der Waals surface area contributed by atoms with Crippen LogP contribution in [0.5, 0.6) is 5.75 Å². The first kappa shape index (κ1) is 29.7. The second-order valence-electron chi connectivity index (χ2n) is 13.4. The SMILES string of the molecule is C[C@H](C[C@H](O)[C@H](Cc1ccccc1)NC(=O)c1cc(OCC2CC2)cc(N2CCCC2=O)c1)C(=O)NC1CC2CCC1C2. The van der Waals surface area contributed by atoms with Crippen molar-refractivity contribution in [3.05, 3.63) is 59.7 Å². The molecule has 8 nitrogen and oxygen atoms in total. The Morgan fingerprint density at radius 1 is 1.07 bits per heavy atom. The van der Waals surface area contributed by atoms with Crippen molar-refractivity contribution < 1.29 is 24.2 Å². The molecule has 1 saturated heterocycles. The van der Waals surface area contributed by atoms with E-state index < -0.39 is 18.1 Å². The number of fused-ring (bicyclic) bond motifs is 2. The highest BCUT2D eigenvalue weighted by Gasteiger charge is 2.40. The van der Waals surface area contributed by atoms with Gasteiger partial charge in [-0.25, -0.2) is 0 Å². The van der Waals surface area contributed by atoms with E-state index in [1.54, 1.807) is 17.0 Å². The molecule has 3 N–H and O–H groups in total. The number of rotatable bonds is 13. The third-order valence-corrected chi connectivity index (χ3v) is 9.91. The number of aliphatic hydroxyl groups is 1. The van der Waals surface area contributed by atoms with E-state index in [1.807, 2.05) is 43.3 Å². The highest BCUT2D eigenvalue weighted by molar-refractivity contribution is 5.99. The number of anilines is 1. The van der Waals surface area contributed by atoms with E-state index in [0.717, 1.165) is 37.2 Å². The van der Waals surface area contributed by atoms with Crippen LogP contribution in [0.3, 0.4) is 0 Å². The summed E-state index contributed by atoms with van der Waals surface area (Å²) in [6.07, 6.45) is 8.05. The summed E-state index contributed by atoms with van der Waals surface area (Å²) in [5.41, 5.74) is 2.03. The summed E-state index contributed by atoms with van der Waals surface area (Å²) in [6.45, 7) is 3.06. The molecular formula is C35H45N3O5. The lowest BCUT2D eigenvalue weighted by atomic mass is 9.91. The van der Waals surface area contributed by atoms with Crippen LogP contribution in [0.15, 0.2) is 48.5 Å². The summed E-state index contributed by atoms with van der Waals surface area (Å²) >= 11 is 0. The molecule has 1 aliphatic heterocycles. The Balaban J connectivity index is 1.16. The van der Waals surface area contributed by atoms with Gasteiger partial charge < -0.3 is 25.4 Å². The molecule has 2 aromatic rings. The first-order valence-electron chi connectivity index (χ1n) is 16.2. The molecule has 2 aromatic carbocycles. The quantitative estimate of drug-likeness (QED) is 0.317. The lowest BCUT2D eigenvalue weighted by molar-refractivity contribution is -0.126. The number of hydrogen-bond acceptors (Lipinski definition) is 5. The van der Waals surface area contributed by atoms with Crippen LogP contribution in [0.2, 0.25) is 0 Å². The van der Waals surface area contributed by atoms with Crippen LogP contribution in [0.4, 0.5) is 5.69 Å². The standard InChI is InChI=1S/C35H45N3O5/c1-22(34(41)36-30-17-25-11-12-26(30)15-25)14-32(39)31(16-23-6-3-2-4-7-23)37-35(42)27-18-28(38-13-5-8-33(38)40)20-29(19-27)43-21-24-9-10-24/h2-4,6-7,18-20,22,24-26,30-32,39H,5,8-17,21H2,1H3,(H,36,41)(H,37,42)/t22-,25?,26?,30?,31+,32+/m1/s1. The van der Waals surface area contributed by atoms with E-state index in [4.69, 9.17) is 4.74 Å². The monoisotopic (exact) mass is 587 g/mol. The minimum absolute atomic E-state index is 0.0261. The number of carbonyl (C=O) groups excluding carboxylic acids is 3. The molecule has 8 heteroatoms. The van der Waals surface area contributed by atoms with Crippen molar-refractivity contribution in [2.45, 2.75) is 89.3 Å². The topological polar surface area (TPSA) is 108 Å². The summed E-state index contributed by atoms with van der Waals surface area (Å²) in [4.78, 5) is 41.1. The Bertz CT molecular complexity index is 1310. The van der Waals surface area contributed by atoms with Gasteiger partial charge in [0.05, 0.1) is 18.8 Å². The molecule has 43 heavy (non-hydrogen) atoms. The summed E-state index contributed by atoms with van der Waals surface area (Å²) in [6, 6.07) is 14.7. The molecule has 3 unspecified atom stereocenters. The van der Waals surface area contributed by atoms with Gasteiger partial charge in [0, 0.05) is 42.2 Å². The molecule has 230 valence electrons. The zero-order valence-electron chi connectivity index (χ0n) is 25.2. The Labute approximate surface area is 254 Å². The van der Waals surface area contributed by atoms with E-state index in [-0.39, 0.29) is 30.2 Å². The van der Waals surface area contributed by atoms with E-state index in [1.165, 1.54) is 19.3 Å². The van der Waals surface area contributed by atoms with E-state index in [9.17, 15) is 19.5 Å². The fraction of sp³-hybridized carbons (Fsp3) is 0.571. The number of amides is 3. The van der Waals surface area contributed by atoms with Crippen molar-refractivity contribution in [1.82, 2.24) is 10.6 Å². The molecule has 3 saturated carbocycles. The maximum Gasteiger partial charge on any atom is 0.251 e. The summed E-state index contributed by atoms with van der Waals surface area (Å²) in [5, 5.41) is 17.8. The second kappa shape index (κ2) is 13.1. The predicted molar refractivity (Wildman–Crippen MR) is 165 cm³/mol. The molecule has 2 bridgehead atoms. The third kappa shape index (κ3) is 7.40. The molecule has 0 spiro atoms. The van der Waals surface area contributed by atoms with Crippen LogP contribution in [-0.2, 0) is 16.0 Å². The molecular weight excluding hydrogens is 542 g/mol. The van der Waals surface area contributed by atoms with Gasteiger partial charge in [0.1, 0.15) is 5.75 Å². The highest BCUT2D eigenvalue weighted by atomic mass is 16.5. The van der Waals surface area contributed by atoms with Crippen molar-refractivity contribution >= 4 is 23.4 Å². The predicted octanol–water partition coefficient (Wildman–Crippen LogP) is 4.64. The number of nitrogens with one attached hydrogen (secondary N) is 2. The molecule has 6 rings (SSSR count). The first-order chi connectivity index (χ1) is 20.8. The van der Waals surface area contributed by atoms with E-state index in [0.29, 0.717) is 54.8 Å². The summed E-state index contributed by atoms with van der Waals surface area (Å²) < 4.78 is 6.04. The van der Waals surface area contributed by atoms with Crippen molar-refractivity contribution in [1.29, 1.82) is 0 Å². The third-order valence-electron chi connectivity index (χ3n) is 9.91. The van der Waals surface area contributed by atoms with Gasteiger partial charge in [-0.2, -0.15) is 0 Å². The second-order valence-corrected chi connectivity index (χ2v) is 13.4.